The lowest BCUT2D eigenvalue weighted by molar-refractivity contribution is -0.116. The first-order valence-corrected chi connectivity index (χ1v) is 11.0. The molecule has 0 unspecified atom stereocenters. The fourth-order valence-corrected chi connectivity index (χ4v) is 3.78. The summed E-state index contributed by atoms with van der Waals surface area (Å²) in [6, 6.07) is 6.39. The highest BCUT2D eigenvalue weighted by molar-refractivity contribution is 6.35. The van der Waals surface area contributed by atoms with Gasteiger partial charge in [0, 0.05) is 41.0 Å². The Balaban J connectivity index is 1.89. The number of hydrogen-bond acceptors (Lipinski definition) is 9. The van der Waals surface area contributed by atoms with E-state index in [0.29, 0.717) is 33.8 Å². The van der Waals surface area contributed by atoms with E-state index in [0.717, 1.165) is 0 Å². The molecule has 0 saturated carbocycles. The van der Waals surface area contributed by atoms with Crippen LogP contribution in [0.25, 0.3) is 0 Å². The van der Waals surface area contributed by atoms with Gasteiger partial charge < -0.3 is 25.4 Å². The van der Waals surface area contributed by atoms with Crippen molar-refractivity contribution in [2.75, 3.05) is 38.8 Å². The minimum Gasteiger partial charge on any atom is -0.480 e. The molecule has 3 aromatic rings. The number of methoxy groups -OCH3 is 1. The summed E-state index contributed by atoms with van der Waals surface area (Å²) >= 11 is 12.3. The molecule has 0 fully saturated rings. The van der Waals surface area contributed by atoms with Crippen LogP contribution in [0.2, 0.25) is 10.0 Å². The molecule has 0 radical (unpaired) electrons. The van der Waals surface area contributed by atoms with Crippen LogP contribution in [0.1, 0.15) is 22.9 Å². The van der Waals surface area contributed by atoms with Crippen LogP contribution in [0.3, 0.4) is 0 Å². The van der Waals surface area contributed by atoms with Gasteiger partial charge in [0.1, 0.15) is 11.4 Å². The van der Waals surface area contributed by atoms with E-state index >= 15 is 0 Å². The predicted molar refractivity (Wildman–Crippen MR) is 137 cm³/mol. The van der Waals surface area contributed by atoms with Crippen LogP contribution in [-0.4, -0.2) is 54.2 Å². The molecule has 12 heteroatoms. The Morgan fingerprint density at radius 1 is 1.20 bits per heavy atom. The molecule has 0 aliphatic carbocycles. The highest BCUT2D eigenvalue weighted by atomic mass is 35.5. The maximum atomic E-state index is 12.2. The molecule has 35 heavy (non-hydrogen) atoms. The van der Waals surface area contributed by atoms with Crippen molar-refractivity contribution >= 4 is 46.2 Å². The maximum absolute atomic E-state index is 12.2. The van der Waals surface area contributed by atoms with Crippen LogP contribution in [0, 0.1) is 5.41 Å². The predicted octanol–water partition coefficient (Wildman–Crippen LogP) is 3.33. The van der Waals surface area contributed by atoms with E-state index in [-0.39, 0.29) is 34.1 Å². The minimum absolute atomic E-state index is 0.0553. The molecule has 2 aromatic heterocycles. The Bertz CT molecular complexity index is 1230. The molecule has 0 aliphatic rings. The minimum atomic E-state index is -0.982. The van der Waals surface area contributed by atoms with E-state index < -0.39 is 6.23 Å². The average Bonchev–Trinajstić information content (AvgIpc) is 2.79. The molecular weight excluding hydrogens is 493 g/mol. The van der Waals surface area contributed by atoms with Crippen molar-refractivity contribution < 1.29 is 14.3 Å². The molecular formula is C23H25Cl2N7O3. The van der Waals surface area contributed by atoms with E-state index in [1.807, 2.05) is 0 Å². The van der Waals surface area contributed by atoms with Gasteiger partial charge in [0.05, 0.1) is 29.4 Å². The SMILES string of the molecule is COc1ncc(C(=N)c2cc(O[C@H](N)c3c(Cl)cncc3Cl)ccc2N)cc1NC(=O)CN(C)C. The van der Waals surface area contributed by atoms with Crippen molar-refractivity contribution in [1.82, 2.24) is 14.9 Å². The van der Waals surface area contributed by atoms with Gasteiger partial charge in [0.2, 0.25) is 11.8 Å². The third-order valence-corrected chi connectivity index (χ3v) is 5.40. The zero-order valence-electron chi connectivity index (χ0n) is 19.3. The molecule has 0 aliphatic heterocycles. The number of rotatable bonds is 9. The number of benzene rings is 1. The van der Waals surface area contributed by atoms with Crippen molar-refractivity contribution in [3.63, 3.8) is 0 Å². The molecule has 10 nitrogen and oxygen atoms in total. The summed E-state index contributed by atoms with van der Waals surface area (Å²) in [4.78, 5) is 22.1. The van der Waals surface area contributed by atoms with E-state index in [4.69, 9.17) is 49.6 Å². The molecule has 1 amide bonds. The maximum Gasteiger partial charge on any atom is 0.238 e. The summed E-state index contributed by atoms with van der Waals surface area (Å²) in [5, 5.41) is 12.0. The zero-order valence-corrected chi connectivity index (χ0v) is 20.8. The molecule has 1 aromatic carbocycles. The first-order valence-electron chi connectivity index (χ1n) is 10.3. The van der Waals surface area contributed by atoms with Gasteiger partial charge in [-0.3, -0.25) is 20.9 Å². The zero-order chi connectivity index (χ0) is 25.7. The van der Waals surface area contributed by atoms with Gasteiger partial charge in [-0.2, -0.15) is 0 Å². The number of halogens is 2. The van der Waals surface area contributed by atoms with Gasteiger partial charge in [-0.25, -0.2) is 4.98 Å². The van der Waals surface area contributed by atoms with Crippen LogP contribution in [0.5, 0.6) is 11.6 Å². The summed E-state index contributed by atoms with van der Waals surface area (Å²) < 4.78 is 11.1. The smallest absolute Gasteiger partial charge is 0.238 e. The van der Waals surface area contributed by atoms with Crippen LogP contribution in [-0.2, 0) is 4.79 Å². The highest BCUT2D eigenvalue weighted by Gasteiger charge is 2.19. The van der Waals surface area contributed by atoms with Gasteiger partial charge in [0.15, 0.2) is 6.23 Å². The molecule has 184 valence electrons. The first-order chi connectivity index (χ1) is 16.6. The van der Waals surface area contributed by atoms with E-state index in [9.17, 15) is 4.79 Å². The number of ether oxygens (including phenoxy) is 2. The number of nitrogens with zero attached hydrogens (tertiary/aromatic N) is 3. The van der Waals surface area contributed by atoms with E-state index in [2.05, 4.69) is 15.3 Å². The number of pyridine rings is 2. The number of aromatic nitrogens is 2. The van der Waals surface area contributed by atoms with Crippen LogP contribution in [0.4, 0.5) is 11.4 Å². The van der Waals surface area contributed by atoms with Crippen LogP contribution < -0.4 is 26.3 Å². The summed E-state index contributed by atoms with van der Waals surface area (Å²) in [5.74, 6) is 0.309. The molecule has 6 N–H and O–H groups in total. The van der Waals surface area contributed by atoms with Gasteiger partial charge in [-0.15, -0.1) is 0 Å². The van der Waals surface area contributed by atoms with Crippen molar-refractivity contribution in [2.45, 2.75) is 6.23 Å². The second kappa shape index (κ2) is 11.3. The Morgan fingerprint density at radius 2 is 1.89 bits per heavy atom. The normalized spacial score (nSPS) is 11.7. The number of carbonyl (C=O) groups is 1. The molecule has 0 saturated heterocycles. The quantitative estimate of drug-likeness (QED) is 0.191. The number of nitrogen functional groups attached to an aromatic ring is 1. The Kier molecular flexibility index (Phi) is 8.47. The Hall–Kier alpha value is -3.44. The Labute approximate surface area is 212 Å². The molecule has 0 bridgehead atoms. The third-order valence-electron chi connectivity index (χ3n) is 4.80. The van der Waals surface area contributed by atoms with Crippen molar-refractivity contribution in [3.8, 4) is 11.6 Å². The molecule has 1 atom stereocenters. The van der Waals surface area contributed by atoms with Crippen molar-refractivity contribution in [1.29, 1.82) is 5.41 Å². The lowest BCUT2D eigenvalue weighted by Gasteiger charge is -2.18. The largest absolute Gasteiger partial charge is 0.480 e. The summed E-state index contributed by atoms with van der Waals surface area (Å²) in [5.41, 5.74) is 14.2. The number of nitrogens with one attached hydrogen (secondary N) is 2. The van der Waals surface area contributed by atoms with Crippen molar-refractivity contribution in [3.05, 3.63) is 69.6 Å². The molecule has 3 rings (SSSR count). The number of nitrogens with two attached hydrogens (primary N) is 2. The number of hydrogen-bond donors (Lipinski definition) is 4. The van der Waals surface area contributed by atoms with Crippen molar-refractivity contribution in [2.24, 2.45) is 5.73 Å². The topological polar surface area (TPSA) is 152 Å². The van der Waals surface area contributed by atoms with Gasteiger partial charge in [-0.05, 0) is 38.4 Å². The number of anilines is 2. The standard InChI is InChI=1S/C23H25Cl2N7O3/c1-32(2)11-19(33)31-18-6-12(8-30-23(18)34-3)21(27)14-7-13(4-5-17(14)26)35-22(28)20-15(24)9-29-10-16(20)25/h4-10,22,27H,11,26,28H2,1-3H3,(H,31,33)/t22-/m0/s1. The average molecular weight is 518 g/mol. The van der Waals surface area contributed by atoms with Gasteiger partial charge >= 0.3 is 0 Å². The molecule has 2 heterocycles. The van der Waals surface area contributed by atoms with Crippen LogP contribution in [0.15, 0.2) is 42.9 Å². The lowest BCUT2D eigenvalue weighted by Crippen LogP contribution is -2.27. The number of amides is 1. The summed E-state index contributed by atoms with van der Waals surface area (Å²) in [7, 11) is 5.00. The fourth-order valence-electron chi connectivity index (χ4n) is 3.20. The van der Waals surface area contributed by atoms with Crippen LogP contribution >= 0.6 is 23.2 Å². The third kappa shape index (κ3) is 6.37. The highest BCUT2D eigenvalue weighted by Crippen LogP contribution is 2.32. The second-order valence-electron chi connectivity index (χ2n) is 7.75. The summed E-state index contributed by atoms with van der Waals surface area (Å²) in [6.07, 6.45) is 3.31. The number of carbonyl (C=O) groups excluding carboxylic acids is 1. The van der Waals surface area contributed by atoms with Gasteiger partial charge in [0.25, 0.3) is 0 Å². The Morgan fingerprint density at radius 3 is 2.51 bits per heavy atom. The van der Waals surface area contributed by atoms with Gasteiger partial charge in [-0.1, -0.05) is 23.2 Å². The molecule has 0 spiro atoms. The monoisotopic (exact) mass is 517 g/mol. The lowest BCUT2D eigenvalue weighted by atomic mass is 10.0. The fraction of sp³-hybridized carbons (Fsp3) is 0.217. The summed E-state index contributed by atoms with van der Waals surface area (Å²) in [6.45, 7) is 0.170. The second-order valence-corrected chi connectivity index (χ2v) is 8.56. The van der Waals surface area contributed by atoms with E-state index in [1.165, 1.54) is 25.7 Å². The van der Waals surface area contributed by atoms with E-state index in [1.54, 1.807) is 43.3 Å². The number of likely N-dealkylation sites (N-methyl/N-ethyl adjacent to an activating group) is 1. The first kappa shape index (κ1) is 26.2.